The van der Waals surface area contributed by atoms with Crippen LogP contribution in [0.5, 0.6) is 5.75 Å². The molecule has 5 rings (SSSR count). The number of hydrogen-bond donors (Lipinski definition) is 3. The third kappa shape index (κ3) is 5.56. The number of methoxy groups -OCH3 is 1. The average molecular weight is 540 g/mol. The fourth-order valence-corrected chi connectivity index (χ4v) is 4.69. The number of aryl methyl sites for hydroxylation is 1. The number of carbonyl (C=O) groups is 1. The van der Waals surface area contributed by atoms with Crippen LogP contribution in [0.1, 0.15) is 38.6 Å². The van der Waals surface area contributed by atoms with Crippen LogP contribution in [0.25, 0.3) is 33.5 Å². The van der Waals surface area contributed by atoms with Gasteiger partial charge in [0.25, 0.3) is 5.56 Å². The lowest BCUT2D eigenvalue weighted by Gasteiger charge is -2.20. The molecule has 206 valence electrons. The first-order valence-corrected chi connectivity index (χ1v) is 12.6. The number of imidazole rings is 1. The van der Waals surface area contributed by atoms with Crippen LogP contribution in [0, 0.1) is 6.92 Å². The molecule has 0 aliphatic heterocycles. The Morgan fingerprint density at radius 1 is 1.07 bits per heavy atom. The Labute approximate surface area is 232 Å². The van der Waals surface area contributed by atoms with Gasteiger partial charge in [-0.25, -0.2) is 19.7 Å². The number of rotatable bonds is 7. The molecule has 3 N–H and O–H groups in total. The predicted octanol–water partition coefficient (Wildman–Crippen LogP) is 5.55. The van der Waals surface area contributed by atoms with Gasteiger partial charge in [0.2, 0.25) is 5.95 Å². The Morgan fingerprint density at radius 3 is 2.52 bits per heavy atom. The fourth-order valence-electron chi connectivity index (χ4n) is 4.69. The number of nitrogens with one attached hydrogen (secondary N) is 3. The van der Waals surface area contributed by atoms with Crippen molar-refractivity contribution in [1.82, 2.24) is 29.8 Å². The maximum Gasteiger partial charge on any atom is 0.321 e. The number of benzene rings is 2. The summed E-state index contributed by atoms with van der Waals surface area (Å²) in [6.07, 6.45) is 3.32. The molecule has 0 spiro atoms. The van der Waals surface area contributed by atoms with E-state index in [1.807, 2.05) is 63.2 Å². The van der Waals surface area contributed by atoms with E-state index < -0.39 is 0 Å². The van der Waals surface area contributed by atoms with Crippen LogP contribution in [0.4, 0.5) is 10.7 Å². The van der Waals surface area contributed by atoms with Gasteiger partial charge < -0.3 is 19.6 Å². The normalized spacial score (nSPS) is 11.5. The molecule has 0 saturated heterocycles. The van der Waals surface area contributed by atoms with Crippen LogP contribution in [0.2, 0.25) is 0 Å². The van der Waals surface area contributed by atoms with Crippen LogP contribution in [0.15, 0.2) is 71.8 Å². The quantitative estimate of drug-likeness (QED) is 0.249. The van der Waals surface area contributed by atoms with E-state index in [1.54, 1.807) is 36.2 Å². The summed E-state index contributed by atoms with van der Waals surface area (Å²) in [7, 11) is 1.63. The van der Waals surface area contributed by atoms with Gasteiger partial charge in [-0.15, -0.1) is 0 Å². The molecule has 2 amide bonds. The highest BCUT2D eigenvalue weighted by molar-refractivity contribution is 5.97. The molecule has 1 unspecified atom stereocenters. The summed E-state index contributed by atoms with van der Waals surface area (Å²) < 4.78 is 7.13. The molecule has 0 saturated carbocycles. The number of carbonyl (C=O) groups excluding carboxylic acids is 1. The van der Waals surface area contributed by atoms with E-state index in [1.165, 1.54) is 0 Å². The molecule has 10 nitrogen and oxygen atoms in total. The minimum Gasteiger partial charge on any atom is -0.497 e. The minimum absolute atomic E-state index is 0. The number of amides is 2. The van der Waals surface area contributed by atoms with Gasteiger partial charge in [-0.2, -0.15) is 0 Å². The van der Waals surface area contributed by atoms with Gasteiger partial charge in [-0.1, -0.05) is 19.6 Å². The number of aromatic nitrogens is 5. The molecule has 0 aliphatic carbocycles. The van der Waals surface area contributed by atoms with Crippen molar-refractivity contribution in [3.05, 3.63) is 88.6 Å². The summed E-state index contributed by atoms with van der Waals surface area (Å²) in [6.45, 7) is 6.24. The number of fused-ring (bicyclic) bond motifs is 1. The molecule has 10 heteroatoms. The van der Waals surface area contributed by atoms with Crippen LogP contribution in [0.3, 0.4) is 0 Å². The van der Waals surface area contributed by atoms with Crippen molar-refractivity contribution in [2.24, 2.45) is 0 Å². The Morgan fingerprint density at radius 2 is 1.82 bits per heavy atom. The summed E-state index contributed by atoms with van der Waals surface area (Å²) in [5, 5.41) is 5.40. The predicted molar refractivity (Wildman–Crippen MR) is 158 cm³/mol. The second-order valence-corrected chi connectivity index (χ2v) is 9.11. The minimum atomic E-state index is -0.362. The highest BCUT2D eigenvalue weighted by Crippen LogP contribution is 2.33. The van der Waals surface area contributed by atoms with Crippen molar-refractivity contribution in [2.45, 2.75) is 34.2 Å². The molecular weight excluding hydrogens is 506 g/mol. The van der Waals surface area contributed by atoms with E-state index in [4.69, 9.17) is 4.74 Å². The fraction of sp³-hybridized carbons (Fsp3) is 0.233. The number of anilines is 1. The van der Waals surface area contributed by atoms with Crippen molar-refractivity contribution < 1.29 is 9.53 Å². The molecule has 0 fully saturated rings. The number of hydrogen-bond acceptors (Lipinski definition) is 6. The van der Waals surface area contributed by atoms with Crippen molar-refractivity contribution in [2.75, 3.05) is 19.0 Å². The number of aromatic amines is 1. The third-order valence-corrected chi connectivity index (χ3v) is 6.52. The highest BCUT2D eigenvalue weighted by atomic mass is 16.5. The number of H-pyrrole nitrogens is 1. The number of urea groups is 1. The maximum absolute atomic E-state index is 13.4. The first kappa shape index (κ1) is 28.0. The standard InChI is InChI=1S/C29H29N7O3.CH4/c1-5-30-29(38)35-28-33-24-15-21(14-23(26(24)34-28)27-31-10-7-11-32-27)20-12-17(2)36(25(37)16-20)18(3)19-8-6-9-22(13-19)39-4;/h6-16,18H,5H2,1-4H3,(H3,30,33,34,35,38);1H4. The zero-order valence-electron chi connectivity index (χ0n) is 22.1. The summed E-state index contributed by atoms with van der Waals surface area (Å²) in [5.74, 6) is 1.52. The highest BCUT2D eigenvalue weighted by Gasteiger charge is 2.18. The average Bonchev–Trinajstić information content (AvgIpc) is 3.34. The van der Waals surface area contributed by atoms with E-state index in [2.05, 4.69) is 30.6 Å². The third-order valence-electron chi connectivity index (χ3n) is 6.52. The molecule has 2 aromatic carbocycles. The lowest BCUT2D eigenvalue weighted by molar-refractivity contribution is 0.252. The molecule has 3 aromatic heterocycles. The van der Waals surface area contributed by atoms with Gasteiger partial charge >= 0.3 is 6.03 Å². The van der Waals surface area contributed by atoms with Gasteiger partial charge in [0, 0.05) is 36.3 Å². The lowest BCUT2D eigenvalue weighted by Crippen LogP contribution is -2.28. The van der Waals surface area contributed by atoms with E-state index in [-0.39, 0.29) is 25.1 Å². The molecule has 0 radical (unpaired) electrons. The Balaban J connectivity index is 0.00000370. The van der Waals surface area contributed by atoms with Crippen LogP contribution >= 0.6 is 0 Å². The molecule has 3 heterocycles. The smallest absolute Gasteiger partial charge is 0.321 e. The SMILES string of the molecule is C.CCNC(=O)Nc1nc2c(-c3ncccn3)cc(-c3cc(C)n(C(C)c4cccc(OC)c4)c(=O)c3)cc2[nH]1. The summed E-state index contributed by atoms with van der Waals surface area (Å²) in [4.78, 5) is 42.1. The Kier molecular flexibility index (Phi) is 8.28. The van der Waals surface area contributed by atoms with Crippen LogP contribution in [-0.4, -0.2) is 44.2 Å². The van der Waals surface area contributed by atoms with E-state index in [0.29, 0.717) is 34.9 Å². The molecule has 0 aliphatic rings. The van der Waals surface area contributed by atoms with Gasteiger partial charge in [0.15, 0.2) is 5.82 Å². The zero-order valence-corrected chi connectivity index (χ0v) is 22.1. The zero-order chi connectivity index (χ0) is 27.5. The summed E-state index contributed by atoms with van der Waals surface area (Å²) >= 11 is 0. The van der Waals surface area contributed by atoms with Gasteiger partial charge in [-0.05, 0) is 73.9 Å². The molecule has 1 atom stereocenters. The lowest BCUT2D eigenvalue weighted by atomic mass is 10.0. The summed E-state index contributed by atoms with van der Waals surface area (Å²) in [5.41, 5.74) is 5.16. The topological polar surface area (TPSA) is 127 Å². The second kappa shape index (κ2) is 11.8. The molecule has 40 heavy (non-hydrogen) atoms. The van der Waals surface area contributed by atoms with E-state index >= 15 is 0 Å². The van der Waals surface area contributed by atoms with Crippen molar-refractivity contribution in [1.29, 1.82) is 0 Å². The van der Waals surface area contributed by atoms with Crippen molar-refractivity contribution >= 4 is 23.0 Å². The van der Waals surface area contributed by atoms with Crippen molar-refractivity contribution in [3.63, 3.8) is 0 Å². The van der Waals surface area contributed by atoms with Crippen molar-refractivity contribution in [3.8, 4) is 28.3 Å². The molecular formula is C30H33N7O3. The summed E-state index contributed by atoms with van der Waals surface area (Å²) in [6, 6.07) is 16.3. The number of nitrogens with zero attached hydrogens (tertiary/aromatic N) is 4. The van der Waals surface area contributed by atoms with Crippen LogP contribution in [-0.2, 0) is 0 Å². The first-order chi connectivity index (χ1) is 18.9. The van der Waals surface area contributed by atoms with Gasteiger partial charge in [-0.3, -0.25) is 10.1 Å². The Bertz CT molecular complexity index is 1710. The molecule has 5 aromatic rings. The maximum atomic E-state index is 13.4. The van der Waals surface area contributed by atoms with Gasteiger partial charge in [0.1, 0.15) is 11.3 Å². The number of ether oxygens (including phenoxy) is 1. The monoisotopic (exact) mass is 539 g/mol. The van der Waals surface area contributed by atoms with Crippen LogP contribution < -0.4 is 20.9 Å². The number of pyridine rings is 1. The van der Waals surface area contributed by atoms with Gasteiger partial charge in [0.05, 0.1) is 18.7 Å². The second-order valence-electron chi connectivity index (χ2n) is 9.11. The van der Waals surface area contributed by atoms with E-state index in [9.17, 15) is 9.59 Å². The van der Waals surface area contributed by atoms with E-state index in [0.717, 1.165) is 28.1 Å². The Hall–Kier alpha value is -4.99. The first-order valence-electron chi connectivity index (χ1n) is 12.6. The largest absolute Gasteiger partial charge is 0.497 e. The molecule has 0 bridgehead atoms.